The van der Waals surface area contributed by atoms with Crippen LogP contribution in [0.15, 0.2) is 18.2 Å². The van der Waals surface area contributed by atoms with Crippen LogP contribution in [-0.2, 0) is 0 Å². The van der Waals surface area contributed by atoms with E-state index < -0.39 is 6.23 Å². The van der Waals surface area contributed by atoms with Crippen LogP contribution in [0.5, 0.6) is 0 Å². The number of carbonyl (C=O) groups excluding carboxylic acids is 1. The number of hydrogen-bond acceptors (Lipinski definition) is 2. The third-order valence-corrected chi connectivity index (χ3v) is 2.48. The quantitative estimate of drug-likeness (QED) is 0.644. The number of fused-ring (bicyclic) bond motifs is 1. The number of nitrogens with zero attached hydrogens (tertiary/aromatic N) is 1. The van der Waals surface area contributed by atoms with Crippen molar-refractivity contribution in [3.8, 4) is 0 Å². The van der Waals surface area contributed by atoms with Gasteiger partial charge in [0.15, 0.2) is 6.23 Å². The van der Waals surface area contributed by atoms with Crippen LogP contribution in [0.2, 0.25) is 0 Å². The molecule has 0 aromatic heterocycles. The fourth-order valence-electron chi connectivity index (χ4n) is 1.69. The fraction of sp³-hybridized carbons (Fsp3) is 0.300. The Morgan fingerprint density at radius 3 is 2.77 bits per heavy atom. The highest BCUT2D eigenvalue weighted by Crippen LogP contribution is 2.31. The lowest BCUT2D eigenvalue weighted by molar-refractivity contribution is 0.0301. The lowest BCUT2D eigenvalue weighted by Gasteiger charge is -2.13. The number of carbonyl (C=O) groups is 1. The standard InChI is InChI=1S/C10H11NO2/c1-6-4-3-5-7-8(6)10(13)11(2)9(7)12/h3-5,9,12H,1-2H3. The summed E-state index contributed by atoms with van der Waals surface area (Å²) in [5.74, 6) is -0.0967. The topological polar surface area (TPSA) is 40.5 Å². The molecular formula is C10H11NO2. The molecule has 1 aromatic rings. The second kappa shape index (κ2) is 2.57. The summed E-state index contributed by atoms with van der Waals surface area (Å²) in [5.41, 5.74) is 2.29. The third kappa shape index (κ3) is 0.971. The Bertz CT molecular complexity index is 373. The SMILES string of the molecule is Cc1cccc2c1C(=O)N(C)C2O. The number of rotatable bonds is 0. The van der Waals surface area contributed by atoms with E-state index in [2.05, 4.69) is 0 Å². The van der Waals surface area contributed by atoms with Crippen LogP contribution in [0.25, 0.3) is 0 Å². The van der Waals surface area contributed by atoms with Crippen molar-refractivity contribution in [3.63, 3.8) is 0 Å². The molecule has 1 unspecified atom stereocenters. The fourth-order valence-corrected chi connectivity index (χ4v) is 1.69. The molecule has 1 aromatic carbocycles. The van der Waals surface area contributed by atoms with Crippen molar-refractivity contribution in [1.29, 1.82) is 0 Å². The van der Waals surface area contributed by atoms with E-state index in [1.807, 2.05) is 19.1 Å². The molecular weight excluding hydrogens is 166 g/mol. The monoisotopic (exact) mass is 177 g/mol. The summed E-state index contributed by atoms with van der Waals surface area (Å²) < 4.78 is 0. The summed E-state index contributed by atoms with van der Waals surface area (Å²) in [6.07, 6.45) is -0.776. The van der Waals surface area contributed by atoms with Gasteiger partial charge in [0.2, 0.25) is 0 Å². The highest BCUT2D eigenvalue weighted by molar-refractivity contribution is 6.00. The Kier molecular flexibility index (Phi) is 1.63. The van der Waals surface area contributed by atoms with E-state index in [-0.39, 0.29) is 5.91 Å². The first-order chi connectivity index (χ1) is 6.13. The van der Waals surface area contributed by atoms with Crippen LogP contribution in [0, 0.1) is 6.92 Å². The molecule has 0 radical (unpaired) electrons. The second-order valence-corrected chi connectivity index (χ2v) is 3.33. The Morgan fingerprint density at radius 1 is 1.46 bits per heavy atom. The van der Waals surface area contributed by atoms with Crippen molar-refractivity contribution < 1.29 is 9.90 Å². The molecule has 3 nitrogen and oxygen atoms in total. The van der Waals surface area contributed by atoms with Crippen LogP contribution in [0.1, 0.15) is 27.7 Å². The van der Waals surface area contributed by atoms with E-state index in [4.69, 9.17) is 0 Å². The number of aryl methyl sites for hydroxylation is 1. The Labute approximate surface area is 76.6 Å². The second-order valence-electron chi connectivity index (χ2n) is 3.33. The van der Waals surface area contributed by atoms with E-state index >= 15 is 0 Å². The first-order valence-electron chi connectivity index (χ1n) is 4.17. The predicted molar refractivity (Wildman–Crippen MR) is 48.2 cm³/mol. The molecule has 1 N–H and O–H groups in total. The number of benzene rings is 1. The summed E-state index contributed by atoms with van der Waals surface area (Å²) in [6, 6.07) is 5.51. The summed E-state index contributed by atoms with van der Waals surface area (Å²) >= 11 is 0. The Hall–Kier alpha value is -1.35. The maximum absolute atomic E-state index is 11.6. The molecule has 1 aliphatic rings. The highest BCUT2D eigenvalue weighted by atomic mass is 16.3. The van der Waals surface area contributed by atoms with Gasteiger partial charge in [-0.3, -0.25) is 4.79 Å². The number of amides is 1. The van der Waals surface area contributed by atoms with Gasteiger partial charge in [-0.2, -0.15) is 0 Å². The number of hydrogen-bond donors (Lipinski definition) is 1. The van der Waals surface area contributed by atoms with Crippen molar-refractivity contribution in [2.75, 3.05) is 7.05 Å². The lowest BCUT2D eigenvalue weighted by Crippen LogP contribution is -2.22. The van der Waals surface area contributed by atoms with Crippen molar-refractivity contribution >= 4 is 5.91 Å². The van der Waals surface area contributed by atoms with Gasteiger partial charge in [0.05, 0.1) is 5.56 Å². The third-order valence-electron chi connectivity index (χ3n) is 2.48. The van der Waals surface area contributed by atoms with Gasteiger partial charge in [-0.25, -0.2) is 0 Å². The van der Waals surface area contributed by atoms with E-state index in [1.165, 1.54) is 4.90 Å². The normalized spacial score (nSPS) is 20.7. The Morgan fingerprint density at radius 2 is 2.15 bits per heavy atom. The molecule has 0 saturated heterocycles. The van der Waals surface area contributed by atoms with E-state index in [0.717, 1.165) is 5.56 Å². The van der Waals surface area contributed by atoms with Gasteiger partial charge in [-0.1, -0.05) is 18.2 Å². The maximum atomic E-state index is 11.6. The first kappa shape index (κ1) is 8.26. The summed E-state index contributed by atoms with van der Waals surface area (Å²) in [4.78, 5) is 12.9. The average molecular weight is 177 g/mol. The predicted octanol–water partition coefficient (Wildman–Crippen LogP) is 1.07. The molecule has 0 aliphatic carbocycles. The van der Waals surface area contributed by atoms with Crippen molar-refractivity contribution in [2.45, 2.75) is 13.2 Å². The van der Waals surface area contributed by atoms with Gasteiger partial charge in [-0.05, 0) is 12.5 Å². The van der Waals surface area contributed by atoms with Crippen LogP contribution in [0.3, 0.4) is 0 Å². The molecule has 0 spiro atoms. The molecule has 2 rings (SSSR count). The van der Waals surface area contributed by atoms with Crippen LogP contribution >= 0.6 is 0 Å². The number of aliphatic hydroxyl groups is 1. The minimum atomic E-state index is -0.776. The van der Waals surface area contributed by atoms with Crippen LogP contribution < -0.4 is 0 Å². The van der Waals surface area contributed by atoms with Crippen LogP contribution in [-0.4, -0.2) is 23.0 Å². The van der Waals surface area contributed by atoms with Gasteiger partial charge in [0.1, 0.15) is 0 Å². The maximum Gasteiger partial charge on any atom is 0.256 e. The van der Waals surface area contributed by atoms with Gasteiger partial charge in [0.25, 0.3) is 5.91 Å². The number of aliphatic hydroxyl groups excluding tert-OH is 1. The Balaban J connectivity index is 2.66. The molecule has 68 valence electrons. The molecule has 0 bridgehead atoms. The minimum Gasteiger partial charge on any atom is -0.369 e. The molecule has 1 aliphatic heterocycles. The van der Waals surface area contributed by atoms with Crippen molar-refractivity contribution in [1.82, 2.24) is 4.90 Å². The molecule has 0 saturated carbocycles. The largest absolute Gasteiger partial charge is 0.369 e. The van der Waals surface area contributed by atoms with Gasteiger partial charge >= 0.3 is 0 Å². The molecule has 3 heteroatoms. The molecule has 1 heterocycles. The summed E-state index contributed by atoms with van der Waals surface area (Å²) in [7, 11) is 1.60. The molecule has 1 amide bonds. The average Bonchev–Trinajstić information content (AvgIpc) is 2.33. The highest BCUT2D eigenvalue weighted by Gasteiger charge is 2.33. The zero-order valence-corrected chi connectivity index (χ0v) is 7.61. The minimum absolute atomic E-state index is 0.0967. The zero-order chi connectivity index (χ0) is 9.59. The van der Waals surface area contributed by atoms with Crippen LogP contribution in [0.4, 0.5) is 0 Å². The first-order valence-corrected chi connectivity index (χ1v) is 4.17. The van der Waals surface area contributed by atoms with Gasteiger partial charge in [0, 0.05) is 12.6 Å². The zero-order valence-electron chi connectivity index (χ0n) is 7.61. The lowest BCUT2D eigenvalue weighted by atomic mass is 10.0. The molecule has 1 atom stereocenters. The van der Waals surface area contributed by atoms with Gasteiger partial charge < -0.3 is 10.0 Å². The van der Waals surface area contributed by atoms with Gasteiger partial charge in [-0.15, -0.1) is 0 Å². The smallest absolute Gasteiger partial charge is 0.256 e. The van der Waals surface area contributed by atoms with E-state index in [9.17, 15) is 9.90 Å². The van der Waals surface area contributed by atoms with E-state index in [1.54, 1.807) is 13.1 Å². The van der Waals surface area contributed by atoms with E-state index in [0.29, 0.717) is 11.1 Å². The summed E-state index contributed by atoms with van der Waals surface area (Å²) in [6.45, 7) is 1.88. The summed E-state index contributed by atoms with van der Waals surface area (Å²) in [5, 5.41) is 9.65. The molecule has 13 heavy (non-hydrogen) atoms. The van der Waals surface area contributed by atoms with Crippen molar-refractivity contribution in [2.24, 2.45) is 0 Å². The van der Waals surface area contributed by atoms with Crippen molar-refractivity contribution in [3.05, 3.63) is 34.9 Å². The molecule has 0 fully saturated rings.